The van der Waals surface area contributed by atoms with Gasteiger partial charge in [0.2, 0.25) is 0 Å². The van der Waals surface area contributed by atoms with Gasteiger partial charge >= 0.3 is 117 Å². The summed E-state index contributed by atoms with van der Waals surface area (Å²) in [5.41, 5.74) is -0.570. The molecule has 0 fully saturated rings. The number of ether oxygens (including phenoxy) is 1. The van der Waals surface area contributed by atoms with Gasteiger partial charge in [-0.3, -0.25) is 0 Å². The molecule has 0 spiro atoms. The number of hydrogen-bond acceptors (Lipinski definition) is 3. The molecule has 2 rings (SSSR count). The van der Waals surface area contributed by atoms with Crippen LogP contribution in [-0.2, 0) is 11.4 Å². The first-order chi connectivity index (χ1) is 8.87. The van der Waals surface area contributed by atoms with Crippen molar-refractivity contribution in [2.45, 2.75) is 33.0 Å². The van der Waals surface area contributed by atoms with Crippen molar-refractivity contribution in [3.8, 4) is 0 Å². The molecule has 0 aliphatic carbocycles. The minimum atomic E-state index is -0.535. The molecule has 0 aliphatic heterocycles. The molecule has 5 nitrogen and oxygen atoms in total. The number of fused-ring (bicyclic) bond motifs is 1. The quantitative estimate of drug-likeness (QED) is 0.851. The fourth-order valence-corrected chi connectivity index (χ4v) is 3.55. The molecular formula is C13H16N2O3Se. The van der Waals surface area contributed by atoms with Crippen molar-refractivity contribution in [3.05, 3.63) is 34.6 Å². The Morgan fingerprint density at radius 3 is 2.68 bits per heavy atom. The Hall–Kier alpha value is -1.52. The Bertz CT molecular complexity index is 652. The zero-order valence-electron chi connectivity index (χ0n) is 11.1. The molecule has 1 N–H and O–H groups in total. The van der Waals surface area contributed by atoms with Crippen molar-refractivity contribution >= 4 is 30.5 Å². The summed E-state index contributed by atoms with van der Waals surface area (Å²) in [7, 11) is 0. The maximum absolute atomic E-state index is 12.0. The number of nitrogens with one attached hydrogen (secondary N) is 1. The molecule has 1 amide bonds. The summed E-state index contributed by atoms with van der Waals surface area (Å²) in [6.07, 6.45) is -0.507. The van der Waals surface area contributed by atoms with E-state index in [0.717, 1.165) is 9.65 Å². The van der Waals surface area contributed by atoms with Crippen molar-refractivity contribution in [2.24, 2.45) is 0 Å². The van der Waals surface area contributed by atoms with Crippen LogP contribution in [0.2, 0.25) is 0 Å². The van der Waals surface area contributed by atoms with Crippen molar-refractivity contribution in [2.75, 3.05) is 0 Å². The SMILES string of the molecule is CC(C)(C)OC(=O)NCn1[se]c2ccccc2c1=O. The summed E-state index contributed by atoms with van der Waals surface area (Å²) < 4.78 is 7.82. The Morgan fingerprint density at radius 2 is 2.05 bits per heavy atom. The van der Waals surface area contributed by atoms with Crippen LogP contribution in [0.15, 0.2) is 29.1 Å². The molecule has 1 aromatic carbocycles. The van der Waals surface area contributed by atoms with Crippen molar-refractivity contribution in [1.82, 2.24) is 8.88 Å². The predicted molar refractivity (Wildman–Crippen MR) is 74.5 cm³/mol. The molecule has 1 aromatic heterocycles. The monoisotopic (exact) mass is 328 g/mol. The van der Waals surface area contributed by atoms with Crippen LogP contribution in [0.3, 0.4) is 0 Å². The van der Waals surface area contributed by atoms with Crippen LogP contribution >= 0.6 is 0 Å². The van der Waals surface area contributed by atoms with Crippen LogP contribution in [0.25, 0.3) is 9.65 Å². The number of benzene rings is 1. The Kier molecular flexibility index (Phi) is 3.83. The maximum atomic E-state index is 12.0. The third-order valence-corrected chi connectivity index (χ3v) is 4.56. The number of alkyl carbamates (subject to hydrolysis) is 1. The van der Waals surface area contributed by atoms with Gasteiger partial charge in [0.15, 0.2) is 0 Å². The van der Waals surface area contributed by atoms with E-state index < -0.39 is 11.7 Å². The van der Waals surface area contributed by atoms with Gasteiger partial charge < -0.3 is 0 Å². The summed E-state index contributed by atoms with van der Waals surface area (Å²) in [5.74, 6) is 0. The third-order valence-electron chi connectivity index (χ3n) is 2.32. The van der Waals surface area contributed by atoms with E-state index in [1.807, 2.05) is 24.3 Å². The van der Waals surface area contributed by atoms with E-state index in [2.05, 4.69) is 5.32 Å². The van der Waals surface area contributed by atoms with E-state index in [-0.39, 0.29) is 27.0 Å². The first-order valence-electron chi connectivity index (χ1n) is 5.92. The second kappa shape index (κ2) is 5.23. The molecule has 0 saturated carbocycles. The van der Waals surface area contributed by atoms with Gasteiger partial charge in [0.05, 0.1) is 0 Å². The Labute approximate surface area is 117 Å². The van der Waals surface area contributed by atoms with Crippen LogP contribution < -0.4 is 10.9 Å². The van der Waals surface area contributed by atoms with Gasteiger partial charge in [-0.2, -0.15) is 0 Å². The Balaban J connectivity index is 2.08. The molecule has 6 heteroatoms. The number of nitrogens with zero attached hydrogens (tertiary/aromatic N) is 1. The van der Waals surface area contributed by atoms with Crippen LogP contribution in [0.5, 0.6) is 0 Å². The second-order valence-corrected chi connectivity index (χ2v) is 7.34. The number of aromatic nitrogens is 1. The molecular weight excluding hydrogens is 311 g/mol. The predicted octanol–water partition coefficient (Wildman–Crippen LogP) is 1.54. The number of hydrogen-bond donors (Lipinski definition) is 1. The van der Waals surface area contributed by atoms with Gasteiger partial charge in [0.25, 0.3) is 0 Å². The van der Waals surface area contributed by atoms with Crippen LogP contribution in [0.1, 0.15) is 20.8 Å². The number of carbonyl (C=O) groups excluding carboxylic acids is 1. The number of amides is 1. The van der Waals surface area contributed by atoms with E-state index in [1.165, 1.54) is 0 Å². The van der Waals surface area contributed by atoms with Gasteiger partial charge in [-0.25, -0.2) is 0 Å². The molecule has 2 aromatic rings. The van der Waals surface area contributed by atoms with Gasteiger partial charge in [-0.1, -0.05) is 0 Å². The summed E-state index contributed by atoms with van der Waals surface area (Å²) in [6.45, 7) is 5.58. The zero-order valence-corrected chi connectivity index (χ0v) is 12.8. The van der Waals surface area contributed by atoms with Crippen LogP contribution in [0, 0.1) is 0 Å². The molecule has 0 radical (unpaired) electrons. The molecule has 0 atom stereocenters. The average Bonchev–Trinajstić information content (AvgIpc) is 2.62. The molecule has 0 aliphatic rings. The van der Waals surface area contributed by atoms with Crippen molar-refractivity contribution in [1.29, 1.82) is 0 Å². The third kappa shape index (κ3) is 3.49. The average molecular weight is 327 g/mol. The molecule has 19 heavy (non-hydrogen) atoms. The number of carbonyl (C=O) groups is 1. The second-order valence-electron chi connectivity index (χ2n) is 5.11. The van der Waals surface area contributed by atoms with Crippen molar-refractivity contribution < 1.29 is 9.53 Å². The molecule has 1 heterocycles. The van der Waals surface area contributed by atoms with Crippen molar-refractivity contribution in [3.63, 3.8) is 0 Å². The molecule has 102 valence electrons. The van der Waals surface area contributed by atoms with E-state index in [0.29, 0.717) is 0 Å². The van der Waals surface area contributed by atoms with Gasteiger partial charge in [-0.15, -0.1) is 0 Å². The molecule has 0 unspecified atom stereocenters. The topological polar surface area (TPSA) is 60.3 Å². The Morgan fingerprint density at radius 1 is 1.37 bits per heavy atom. The summed E-state index contributed by atoms with van der Waals surface area (Å²) >= 11 is -0.0807. The van der Waals surface area contributed by atoms with E-state index in [9.17, 15) is 9.59 Å². The normalized spacial score (nSPS) is 11.5. The van der Waals surface area contributed by atoms with Crippen LogP contribution in [0.4, 0.5) is 4.79 Å². The standard InChI is InChI=1S/C13H16N2O3Se/c1-13(2,3)18-12(17)14-8-15-11(16)9-6-4-5-7-10(9)19-15/h4-7H,8H2,1-3H3,(H,14,17). The summed E-state index contributed by atoms with van der Waals surface area (Å²) in [4.78, 5) is 23.6. The summed E-state index contributed by atoms with van der Waals surface area (Å²) in [5, 5.41) is 3.34. The fraction of sp³-hybridized carbons (Fsp3) is 0.385. The first-order valence-corrected chi connectivity index (χ1v) is 7.55. The van der Waals surface area contributed by atoms with Gasteiger partial charge in [0.1, 0.15) is 0 Å². The number of rotatable bonds is 2. The molecule has 0 bridgehead atoms. The van der Waals surface area contributed by atoms with Crippen LogP contribution in [-0.4, -0.2) is 30.0 Å². The first kappa shape index (κ1) is 13.9. The zero-order chi connectivity index (χ0) is 14.0. The molecule has 0 saturated heterocycles. The fourth-order valence-electron chi connectivity index (χ4n) is 1.57. The van der Waals surface area contributed by atoms with Gasteiger partial charge in [0, 0.05) is 0 Å². The van der Waals surface area contributed by atoms with E-state index >= 15 is 0 Å². The van der Waals surface area contributed by atoms with E-state index in [4.69, 9.17) is 4.74 Å². The van der Waals surface area contributed by atoms with E-state index in [1.54, 1.807) is 24.3 Å². The minimum absolute atomic E-state index is 0.0355. The summed E-state index contributed by atoms with van der Waals surface area (Å²) in [6, 6.07) is 7.52. The van der Waals surface area contributed by atoms with Gasteiger partial charge in [-0.05, 0) is 0 Å².